The van der Waals surface area contributed by atoms with E-state index in [-0.39, 0.29) is 0 Å². The molecule has 0 aliphatic rings. The van der Waals surface area contributed by atoms with Crippen LogP contribution in [0.15, 0.2) is 18.5 Å². The van der Waals surface area contributed by atoms with E-state index in [4.69, 9.17) is 0 Å². The Labute approximate surface area is 86.0 Å². The van der Waals surface area contributed by atoms with Crippen LogP contribution in [0.2, 0.25) is 0 Å². The molecule has 14 heavy (non-hydrogen) atoms. The fourth-order valence-corrected chi connectivity index (χ4v) is 1.06. The Kier molecular flexibility index (Phi) is 4.01. The maximum absolute atomic E-state index is 4.15. The van der Waals surface area contributed by atoms with E-state index >= 15 is 0 Å². The zero-order valence-corrected chi connectivity index (χ0v) is 9.25. The Hall–Kier alpha value is -0.960. The molecule has 1 rings (SSSR count). The molecular weight excluding hydrogens is 174 g/mol. The van der Waals surface area contributed by atoms with Crippen molar-refractivity contribution in [1.82, 2.24) is 15.3 Å². The van der Waals surface area contributed by atoms with Gasteiger partial charge in [0.25, 0.3) is 0 Å². The minimum atomic E-state index is 0.356. The highest BCUT2D eigenvalue weighted by molar-refractivity contribution is 4.88. The average Bonchev–Trinajstić information content (AvgIpc) is 2.19. The van der Waals surface area contributed by atoms with Crippen LogP contribution in [0.4, 0.5) is 0 Å². The Bertz CT molecular complexity index is 256. The largest absolute Gasteiger partial charge is 0.309 e. The van der Waals surface area contributed by atoms with E-state index in [1.165, 1.54) is 6.42 Å². The summed E-state index contributed by atoms with van der Waals surface area (Å²) in [7, 11) is 0. The maximum Gasteiger partial charge on any atom is 0.141 e. The summed E-state index contributed by atoms with van der Waals surface area (Å²) in [6.45, 7) is 8.48. The van der Waals surface area contributed by atoms with Gasteiger partial charge in [-0.1, -0.05) is 20.8 Å². The maximum atomic E-state index is 4.15. The van der Waals surface area contributed by atoms with Gasteiger partial charge < -0.3 is 5.32 Å². The first-order valence-electron chi connectivity index (χ1n) is 5.11. The summed E-state index contributed by atoms with van der Waals surface area (Å²) in [5.74, 6) is 0.861. The monoisotopic (exact) mass is 193 g/mol. The molecule has 1 aromatic heterocycles. The Morgan fingerprint density at radius 3 is 2.50 bits per heavy atom. The Balaban J connectivity index is 2.29. The average molecular weight is 193 g/mol. The quantitative estimate of drug-likeness (QED) is 0.777. The van der Waals surface area contributed by atoms with Gasteiger partial charge in [-0.2, -0.15) is 0 Å². The van der Waals surface area contributed by atoms with E-state index in [2.05, 4.69) is 36.1 Å². The second-order valence-corrected chi connectivity index (χ2v) is 4.29. The predicted molar refractivity (Wildman–Crippen MR) is 57.8 cm³/mol. The standard InChI is InChI=1S/C11H19N3/c1-4-11(2,3)9-12-8-10-13-6-5-7-14-10/h5-7,12H,4,8-9H2,1-3H3. The van der Waals surface area contributed by atoms with Crippen LogP contribution in [0, 0.1) is 5.41 Å². The molecule has 0 aromatic carbocycles. The summed E-state index contributed by atoms with van der Waals surface area (Å²) in [6.07, 6.45) is 4.72. The molecule has 0 fully saturated rings. The molecule has 1 heterocycles. The SMILES string of the molecule is CCC(C)(C)CNCc1ncccn1. The van der Waals surface area contributed by atoms with Gasteiger partial charge in [-0.15, -0.1) is 0 Å². The molecule has 1 aromatic rings. The zero-order valence-electron chi connectivity index (χ0n) is 9.25. The number of hydrogen-bond donors (Lipinski definition) is 1. The van der Waals surface area contributed by atoms with Crippen molar-refractivity contribution in [2.45, 2.75) is 33.7 Å². The van der Waals surface area contributed by atoms with Gasteiger partial charge in [-0.25, -0.2) is 9.97 Å². The fraction of sp³-hybridized carbons (Fsp3) is 0.636. The van der Waals surface area contributed by atoms with E-state index in [0.29, 0.717) is 5.41 Å². The van der Waals surface area contributed by atoms with Crippen LogP contribution in [0.1, 0.15) is 33.0 Å². The van der Waals surface area contributed by atoms with Gasteiger partial charge in [0.15, 0.2) is 0 Å². The minimum absolute atomic E-state index is 0.356. The van der Waals surface area contributed by atoms with Crippen molar-refractivity contribution >= 4 is 0 Å². The number of aromatic nitrogens is 2. The van der Waals surface area contributed by atoms with Crippen molar-refractivity contribution < 1.29 is 0 Å². The summed E-state index contributed by atoms with van der Waals surface area (Å²) >= 11 is 0. The van der Waals surface area contributed by atoms with Crippen LogP contribution in [-0.4, -0.2) is 16.5 Å². The van der Waals surface area contributed by atoms with E-state index < -0.39 is 0 Å². The van der Waals surface area contributed by atoms with Gasteiger partial charge in [0, 0.05) is 18.9 Å². The molecule has 3 heteroatoms. The van der Waals surface area contributed by atoms with E-state index in [1.54, 1.807) is 12.4 Å². The summed E-state index contributed by atoms with van der Waals surface area (Å²) in [4.78, 5) is 8.30. The third-order valence-corrected chi connectivity index (χ3v) is 2.46. The van der Waals surface area contributed by atoms with Crippen molar-refractivity contribution in [3.8, 4) is 0 Å². The van der Waals surface area contributed by atoms with Crippen molar-refractivity contribution in [2.24, 2.45) is 5.41 Å². The molecule has 0 saturated heterocycles. The molecule has 0 spiro atoms. The molecular formula is C11H19N3. The normalized spacial score (nSPS) is 11.6. The number of nitrogens with one attached hydrogen (secondary N) is 1. The predicted octanol–water partition coefficient (Wildman–Crippen LogP) is 2.00. The third-order valence-electron chi connectivity index (χ3n) is 2.46. The number of hydrogen-bond acceptors (Lipinski definition) is 3. The Morgan fingerprint density at radius 2 is 1.93 bits per heavy atom. The number of nitrogens with zero attached hydrogens (tertiary/aromatic N) is 2. The van der Waals surface area contributed by atoms with Crippen LogP contribution in [-0.2, 0) is 6.54 Å². The van der Waals surface area contributed by atoms with E-state index in [0.717, 1.165) is 18.9 Å². The van der Waals surface area contributed by atoms with Crippen molar-refractivity contribution in [3.05, 3.63) is 24.3 Å². The van der Waals surface area contributed by atoms with Gasteiger partial charge >= 0.3 is 0 Å². The lowest BCUT2D eigenvalue weighted by Crippen LogP contribution is -2.28. The highest BCUT2D eigenvalue weighted by Gasteiger charge is 2.13. The fourth-order valence-electron chi connectivity index (χ4n) is 1.06. The van der Waals surface area contributed by atoms with Crippen LogP contribution >= 0.6 is 0 Å². The molecule has 0 atom stereocenters. The topological polar surface area (TPSA) is 37.8 Å². The van der Waals surface area contributed by atoms with Crippen molar-refractivity contribution in [3.63, 3.8) is 0 Å². The molecule has 0 radical (unpaired) electrons. The molecule has 0 unspecified atom stereocenters. The summed E-state index contributed by atoms with van der Waals surface area (Å²) < 4.78 is 0. The second kappa shape index (κ2) is 5.05. The van der Waals surface area contributed by atoms with Gasteiger partial charge in [0.1, 0.15) is 5.82 Å². The lowest BCUT2D eigenvalue weighted by atomic mass is 9.90. The molecule has 1 N–H and O–H groups in total. The number of rotatable bonds is 5. The van der Waals surface area contributed by atoms with E-state index in [1.807, 2.05) is 6.07 Å². The first kappa shape index (κ1) is 11.1. The van der Waals surface area contributed by atoms with Crippen LogP contribution in [0.25, 0.3) is 0 Å². The zero-order chi connectivity index (χ0) is 10.4. The molecule has 78 valence electrons. The second-order valence-electron chi connectivity index (χ2n) is 4.29. The first-order chi connectivity index (χ1) is 6.64. The smallest absolute Gasteiger partial charge is 0.141 e. The Morgan fingerprint density at radius 1 is 1.29 bits per heavy atom. The minimum Gasteiger partial charge on any atom is -0.309 e. The van der Waals surface area contributed by atoms with Gasteiger partial charge in [0.2, 0.25) is 0 Å². The molecule has 0 amide bonds. The summed E-state index contributed by atoms with van der Waals surface area (Å²) in [5.41, 5.74) is 0.356. The first-order valence-corrected chi connectivity index (χ1v) is 5.11. The van der Waals surface area contributed by atoms with Crippen LogP contribution < -0.4 is 5.32 Å². The third kappa shape index (κ3) is 3.83. The summed E-state index contributed by atoms with van der Waals surface area (Å²) in [6, 6.07) is 1.83. The molecule has 0 aliphatic carbocycles. The van der Waals surface area contributed by atoms with Crippen molar-refractivity contribution in [2.75, 3.05) is 6.54 Å². The van der Waals surface area contributed by atoms with Gasteiger partial charge in [-0.3, -0.25) is 0 Å². The summed E-state index contributed by atoms with van der Waals surface area (Å²) in [5, 5.41) is 3.37. The highest BCUT2D eigenvalue weighted by Crippen LogP contribution is 2.17. The van der Waals surface area contributed by atoms with Gasteiger partial charge in [0.05, 0.1) is 6.54 Å². The van der Waals surface area contributed by atoms with Crippen LogP contribution in [0.5, 0.6) is 0 Å². The van der Waals surface area contributed by atoms with Crippen LogP contribution in [0.3, 0.4) is 0 Å². The molecule has 0 saturated carbocycles. The van der Waals surface area contributed by atoms with Gasteiger partial charge in [-0.05, 0) is 17.9 Å². The molecule has 0 aliphatic heterocycles. The van der Waals surface area contributed by atoms with E-state index in [9.17, 15) is 0 Å². The lowest BCUT2D eigenvalue weighted by Gasteiger charge is -2.22. The van der Waals surface area contributed by atoms with Crippen molar-refractivity contribution in [1.29, 1.82) is 0 Å². The lowest BCUT2D eigenvalue weighted by molar-refractivity contribution is 0.326. The molecule has 0 bridgehead atoms. The molecule has 3 nitrogen and oxygen atoms in total. The highest BCUT2D eigenvalue weighted by atomic mass is 15.0.